The molecule has 0 saturated heterocycles. The quantitative estimate of drug-likeness (QED) is 0.680. The van der Waals surface area contributed by atoms with Crippen LogP contribution >= 0.6 is 0 Å². The summed E-state index contributed by atoms with van der Waals surface area (Å²) in [5.74, 6) is 0. The van der Waals surface area contributed by atoms with Gasteiger partial charge in [0.15, 0.2) is 6.29 Å². The lowest BCUT2D eigenvalue weighted by Crippen LogP contribution is -2.15. The van der Waals surface area contributed by atoms with Crippen molar-refractivity contribution in [3.8, 4) is 0 Å². The molecule has 0 amide bonds. The first kappa shape index (κ1) is 10.8. The fourth-order valence-corrected chi connectivity index (χ4v) is 2.08. The minimum absolute atomic E-state index is 0.0568. The van der Waals surface area contributed by atoms with Crippen LogP contribution in [0.2, 0.25) is 0 Å². The summed E-state index contributed by atoms with van der Waals surface area (Å²) in [6.07, 6.45) is 2.55. The number of carbonyl (C=O) groups excluding carboxylic acids is 1. The molecule has 0 spiro atoms. The summed E-state index contributed by atoms with van der Waals surface area (Å²) in [5, 5.41) is 1.07. The first-order valence-electron chi connectivity index (χ1n) is 5.37. The fraction of sp³-hybridized carbons (Fsp3) is 0.286. The van der Waals surface area contributed by atoms with Gasteiger partial charge in [0.05, 0.1) is 5.52 Å². The van der Waals surface area contributed by atoms with Crippen molar-refractivity contribution < 1.29 is 4.79 Å². The van der Waals surface area contributed by atoms with Gasteiger partial charge in [-0.25, -0.2) is 0 Å². The number of nitrogens with zero attached hydrogens (tertiary/aromatic N) is 1. The van der Waals surface area contributed by atoms with E-state index in [0.29, 0.717) is 5.56 Å². The van der Waals surface area contributed by atoms with E-state index in [4.69, 9.17) is 0 Å². The molecular formula is C14H15NO. The summed E-state index contributed by atoms with van der Waals surface area (Å²) >= 11 is 0. The van der Waals surface area contributed by atoms with Gasteiger partial charge in [0.25, 0.3) is 0 Å². The Morgan fingerprint density at radius 3 is 2.50 bits per heavy atom. The fourth-order valence-electron chi connectivity index (χ4n) is 2.08. The van der Waals surface area contributed by atoms with E-state index in [9.17, 15) is 4.79 Å². The summed E-state index contributed by atoms with van der Waals surface area (Å²) in [7, 11) is 0. The highest BCUT2D eigenvalue weighted by Gasteiger charge is 2.20. The van der Waals surface area contributed by atoms with Crippen molar-refractivity contribution in [3.05, 3.63) is 41.6 Å². The summed E-state index contributed by atoms with van der Waals surface area (Å²) in [4.78, 5) is 15.4. The lowest BCUT2D eigenvalue weighted by atomic mass is 9.82. The van der Waals surface area contributed by atoms with Crippen LogP contribution in [0.3, 0.4) is 0 Å². The zero-order valence-corrected chi connectivity index (χ0v) is 9.82. The summed E-state index contributed by atoms with van der Waals surface area (Å²) in [5.41, 5.74) is 2.65. The molecule has 16 heavy (non-hydrogen) atoms. The van der Waals surface area contributed by atoms with E-state index in [1.807, 2.05) is 24.3 Å². The lowest BCUT2D eigenvalue weighted by molar-refractivity contribution is 0.112. The van der Waals surface area contributed by atoms with Gasteiger partial charge in [0.1, 0.15) is 0 Å². The van der Waals surface area contributed by atoms with Gasteiger partial charge in [0.2, 0.25) is 0 Å². The monoisotopic (exact) mass is 213 g/mol. The second kappa shape index (κ2) is 3.71. The number of hydrogen-bond acceptors (Lipinski definition) is 2. The van der Waals surface area contributed by atoms with Crippen molar-refractivity contribution >= 4 is 17.2 Å². The van der Waals surface area contributed by atoms with Crippen LogP contribution in [0, 0.1) is 0 Å². The van der Waals surface area contributed by atoms with Crippen LogP contribution in [0.25, 0.3) is 10.9 Å². The minimum Gasteiger partial charge on any atom is -0.298 e. The second-order valence-corrected chi connectivity index (χ2v) is 4.97. The summed E-state index contributed by atoms with van der Waals surface area (Å²) < 4.78 is 0. The van der Waals surface area contributed by atoms with E-state index in [0.717, 1.165) is 22.8 Å². The number of hydrogen-bond donors (Lipinski definition) is 0. The SMILES string of the molecule is CC(C)(C)c1c(C=O)cnc2ccccc12. The number of rotatable bonds is 1. The Labute approximate surface area is 95.3 Å². The highest BCUT2D eigenvalue weighted by molar-refractivity contribution is 5.91. The van der Waals surface area contributed by atoms with E-state index in [2.05, 4.69) is 25.8 Å². The van der Waals surface area contributed by atoms with Crippen LogP contribution in [-0.4, -0.2) is 11.3 Å². The van der Waals surface area contributed by atoms with E-state index >= 15 is 0 Å². The van der Waals surface area contributed by atoms with Crippen molar-refractivity contribution in [2.45, 2.75) is 26.2 Å². The Morgan fingerprint density at radius 1 is 1.19 bits per heavy atom. The molecular weight excluding hydrogens is 198 g/mol. The third kappa shape index (κ3) is 1.71. The van der Waals surface area contributed by atoms with E-state index < -0.39 is 0 Å². The normalized spacial score (nSPS) is 11.7. The van der Waals surface area contributed by atoms with Crippen LogP contribution in [-0.2, 0) is 5.41 Å². The van der Waals surface area contributed by atoms with Gasteiger partial charge in [-0.1, -0.05) is 39.0 Å². The predicted molar refractivity (Wildman–Crippen MR) is 65.8 cm³/mol. The van der Waals surface area contributed by atoms with E-state index in [-0.39, 0.29) is 5.41 Å². The molecule has 0 bridgehead atoms. The summed E-state index contributed by atoms with van der Waals surface area (Å²) in [6.45, 7) is 6.34. The number of pyridine rings is 1. The van der Waals surface area contributed by atoms with Gasteiger partial charge in [-0.05, 0) is 17.0 Å². The van der Waals surface area contributed by atoms with Gasteiger partial charge >= 0.3 is 0 Å². The standard InChI is InChI=1S/C14H15NO/c1-14(2,3)13-10(9-16)8-15-12-7-5-4-6-11(12)13/h4-9H,1-3H3. The second-order valence-electron chi connectivity index (χ2n) is 4.97. The maximum absolute atomic E-state index is 11.1. The molecule has 2 aromatic rings. The minimum atomic E-state index is -0.0568. The largest absolute Gasteiger partial charge is 0.298 e. The topological polar surface area (TPSA) is 30.0 Å². The number of aldehydes is 1. The molecule has 0 unspecified atom stereocenters. The lowest BCUT2D eigenvalue weighted by Gasteiger charge is -2.22. The Morgan fingerprint density at radius 2 is 1.88 bits per heavy atom. The first-order chi connectivity index (χ1) is 7.54. The Hall–Kier alpha value is -1.70. The molecule has 2 heteroatoms. The molecule has 1 aromatic heterocycles. The number of aromatic nitrogens is 1. The number of benzene rings is 1. The maximum Gasteiger partial charge on any atom is 0.151 e. The number of carbonyl (C=O) groups is 1. The summed E-state index contributed by atoms with van der Waals surface area (Å²) in [6, 6.07) is 7.94. The molecule has 1 aromatic carbocycles. The Kier molecular flexibility index (Phi) is 2.50. The number of fused-ring (bicyclic) bond motifs is 1. The third-order valence-electron chi connectivity index (χ3n) is 2.68. The zero-order valence-electron chi connectivity index (χ0n) is 9.82. The molecule has 1 heterocycles. The Bertz CT molecular complexity index is 538. The van der Waals surface area contributed by atoms with Crippen molar-refractivity contribution in [2.75, 3.05) is 0 Å². The molecule has 0 radical (unpaired) electrons. The molecule has 82 valence electrons. The van der Waals surface area contributed by atoms with E-state index in [1.165, 1.54) is 0 Å². The van der Waals surface area contributed by atoms with Crippen LogP contribution < -0.4 is 0 Å². The molecule has 0 aliphatic carbocycles. The third-order valence-corrected chi connectivity index (χ3v) is 2.68. The molecule has 0 saturated carbocycles. The molecule has 0 N–H and O–H groups in total. The highest BCUT2D eigenvalue weighted by atomic mass is 16.1. The van der Waals surface area contributed by atoms with Gasteiger partial charge in [0, 0.05) is 17.1 Å². The van der Waals surface area contributed by atoms with Crippen LogP contribution in [0.1, 0.15) is 36.7 Å². The van der Waals surface area contributed by atoms with Crippen molar-refractivity contribution in [1.29, 1.82) is 0 Å². The van der Waals surface area contributed by atoms with Gasteiger partial charge < -0.3 is 0 Å². The highest BCUT2D eigenvalue weighted by Crippen LogP contribution is 2.31. The Balaban J connectivity index is 2.89. The van der Waals surface area contributed by atoms with Crippen LogP contribution in [0.15, 0.2) is 30.5 Å². The molecule has 0 aliphatic rings. The molecule has 0 atom stereocenters. The van der Waals surface area contributed by atoms with Gasteiger partial charge in [-0.2, -0.15) is 0 Å². The zero-order chi connectivity index (χ0) is 11.8. The van der Waals surface area contributed by atoms with Crippen LogP contribution in [0.4, 0.5) is 0 Å². The average Bonchev–Trinajstić information content (AvgIpc) is 2.26. The van der Waals surface area contributed by atoms with E-state index in [1.54, 1.807) is 6.20 Å². The molecule has 2 rings (SSSR count). The predicted octanol–water partition coefficient (Wildman–Crippen LogP) is 3.34. The van der Waals surface area contributed by atoms with Crippen LogP contribution in [0.5, 0.6) is 0 Å². The number of para-hydroxylation sites is 1. The first-order valence-corrected chi connectivity index (χ1v) is 5.37. The molecule has 2 nitrogen and oxygen atoms in total. The van der Waals surface area contributed by atoms with Gasteiger partial charge in [-0.3, -0.25) is 9.78 Å². The van der Waals surface area contributed by atoms with Crippen molar-refractivity contribution in [3.63, 3.8) is 0 Å². The van der Waals surface area contributed by atoms with Crippen molar-refractivity contribution in [1.82, 2.24) is 4.98 Å². The average molecular weight is 213 g/mol. The van der Waals surface area contributed by atoms with Gasteiger partial charge in [-0.15, -0.1) is 0 Å². The van der Waals surface area contributed by atoms with Crippen molar-refractivity contribution in [2.24, 2.45) is 0 Å². The molecule has 0 fully saturated rings. The maximum atomic E-state index is 11.1. The smallest absolute Gasteiger partial charge is 0.151 e. The molecule has 0 aliphatic heterocycles.